The molecule has 1 fully saturated rings. The van der Waals surface area contributed by atoms with Gasteiger partial charge in [0.05, 0.1) is 48.4 Å². The SMILES string of the molecule is C=CCCC(=O)NCCC(=O)C(C)(C)NC.CNC(C)(C)C(=O)CCC(=O)O.COC[C@H]1O[C@@H](Cn2cc(/C=C/C(=O)NCCN)c(=O)[nH]c2=O)CC1OC. The van der Waals surface area contributed by atoms with Crippen LogP contribution in [0.2, 0.25) is 0 Å². The second kappa shape index (κ2) is 26.5. The van der Waals surface area contributed by atoms with Crippen molar-refractivity contribution in [3.63, 3.8) is 0 Å². The Morgan fingerprint density at radius 1 is 1.00 bits per heavy atom. The van der Waals surface area contributed by atoms with Crippen molar-refractivity contribution in [1.29, 1.82) is 0 Å². The number of aromatic amines is 1. The summed E-state index contributed by atoms with van der Waals surface area (Å²) in [6, 6.07) is 0. The number of allylic oxidation sites excluding steroid dienone is 1. The van der Waals surface area contributed by atoms with E-state index in [0.29, 0.717) is 51.9 Å². The van der Waals surface area contributed by atoms with E-state index in [2.05, 4.69) is 32.8 Å². The zero-order valence-electron chi connectivity index (χ0n) is 33.6. The molecule has 3 atom stereocenters. The highest BCUT2D eigenvalue weighted by atomic mass is 16.6. The van der Waals surface area contributed by atoms with E-state index in [1.54, 1.807) is 48.2 Å². The predicted octanol–water partition coefficient (Wildman–Crippen LogP) is -0.112. The van der Waals surface area contributed by atoms with Gasteiger partial charge in [-0.1, -0.05) is 6.08 Å². The number of hydrogen-bond donors (Lipinski definition) is 7. The first-order valence-electron chi connectivity index (χ1n) is 18.0. The lowest BCUT2D eigenvalue weighted by Gasteiger charge is -2.22. The first kappa shape index (κ1) is 50.7. The fraction of sp³-hybridized carbons (Fsp3) is 0.649. The van der Waals surface area contributed by atoms with Crippen molar-refractivity contribution in [1.82, 2.24) is 30.8 Å². The van der Waals surface area contributed by atoms with Crippen LogP contribution in [-0.4, -0.2) is 128 Å². The van der Waals surface area contributed by atoms with Crippen molar-refractivity contribution in [2.75, 3.05) is 54.6 Å². The molecule has 2 rings (SSSR count). The Labute approximate surface area is 323 Å². The maximum absolute atomic E-state index is 12.1. The molecule has 8 N–H and O–H groups in total. The maximum atomic E-state index is 12.1. The van der Waals surface area contributed by atoms with Crippen LogP contribution in [0, 0.1) is 0 Å². The quantitative estimate of drug-likeness (QED) is 0.0598. The van der Waals surface area contributed by atoms with E-state index in [1.807, 2.05) is 13.8 Å². The van der Waals surface area contributed by atoms with Gasteiger partial charge >= 0.3 is 11.7 Å². The number of nitrogens with one attached hydrogen (secondary N) is 5. The van der Waals surface area contributed by atoms with Crippen LogP contribution >= 0.6 is 0 Å². The van der Waals surface area contributed by atoms with Gasteiger partial charge in [-0.05, 0) is 54.3 Å². The number of aromatic nitrogens is 2. The second-order valence-corrected chi connectivity index (χ2v) is 13.6. The van der Waals surface area contributed by atoms with Crippen LogP contribution in [0.5, 0.6) is 0 Å². The Bertz CT molecular complexity index is 1540. The molecule has 55 heavy (non-hydrogen) atoms. The normalized spacial score (nSPS) is 16.6. The lowest BCUT2D eigenvalue weighted by molar-refractivity contribution is -0.139. The number of carboxylic acids is 1. The summed E-state index contributed by atoms with van der Waals surface area (Å²) < 4.78 is 17.8. The molecule has 0 spiro atoms. The molecule has 1 aromatic rings. The standard InChI is InChI=1S/C17H26N4O6.C12H22N2O2.C8H15NO3/c1-25-10-14-13(26-2)7-12(27-14)9-21-8-11(16(23)20-17(21)24)3-4-15(22)19-6-5-18;1-5-6-7-11(16)14-9-8-10(15)12(2,3)13-4;1-8(2,9-3)6(10)4-5-7(11)12/h3-4,8,12-14H,5-7,9-10,18H2,1-2H3,(H,19,22)(H,20,23,24);5,13H,1,6-9H2,2-4H3,(H,14,16);9H,4-5H2,1-3H3,(H,11,12)/b4-3+;;/t12-,13?,14-;;/m1../s1. The Kier molecular flexibility index (Phi) is 24.4. The monoisotopic (exact) mass is 781 g/mol. The molecule has 1 saturated heterocycles. The number of ketones is 2. The third-order valence-corrected chi connectivity index (χ3v) is 8.67. The smallest absolute Gasteiger partial charge is 0.328 e. The van der Waals surface area contributed by atoms with Crippen LogP contribution in [0.1, 0.15) is 71.8 Å². The molecular formula is C37H63N7O11. The summed E-state index contributed by atoms with van der Waals surface area (Å²) in [6.07, 6.45) is 7.13. The molecule has 0 aliphatic carbocycles. The number of carboxylic acid groups (broad SMARTS) is 1. The third kappa shape index (κ3) is 20.2. The minimum atomic E-state index is -0.935. The molecule has 312 valence electrons. The zero-order valence-corrected chi connectivity index (χ0v) is 33.6. The van der Waals surface area contributed by atoms with E-state index in [-0.39, 0.29) is 66.6 Å². The molecule has 18 heteroatoms. The Morgan fingerprint density at radius 3 is 2.15 bits per heavy atom. The molecule has 1 aromatic heterocycles. The number of nitrogens with zero attached hydrogens (tertiary/aromatic N) is 1. The highest BCUT2D eigenvalue weighted by Gasteiger charge is 2.35. The molecule has 1 aliphatic heterocycles. The maximum Gasteiger partial charge on any atom is 0.328 e. The average Bonchev–Trinajstić information content (AvgIpc) is 3.54. The van der Waals surface area contributed by atoms with Crippen LogP contribution in [-0.2, 0) is 44.7 Å². The number of hydrogen-bond acceptors (Lipinski definition) is 13. The van der Waals surface area contributed by atoms with Gasteiger partial charge in [0, 0.05) is 71.8 Å². The topological polar surface area (TPSA) is 262 Å². The summed E-state index contributed by atoms with van der Waals surface area (Å²) in [5, 5.41) is 19.4. The molecule has 1 unspecified atom stereocenters. The van der Waals surface area contributed by atoms with Gasteiger partial charge in [0.1, 0.15) is 6.10 Å². The number of carbonyl (C=O) groups is 5. The van der Waals surface area contributed by atoms with Gasteiger partial charge < -0.3 is 46.3 Å². The van der Waals surface area contributed by atoms with E-state index < -0.39 is 28.3 Å². The minimum absolute atomic E-state index is 0.0324. The number of carbonyl (C=O) groups excluding carboxylic acids is 4. The van der Waals surface area contributed by atoms with Gasteiger partial charge in [0.15, 0.2) is 11.6 Å². The van der Waals surface area contributed by atoms with E-state index in [4.69, 9.17) is 25.1 Å². The van der Waals surface area contributed by atoms with Gasteiger partial charge in [0.25, 0.3) is 5.56 Å². The van der Waals surface area contributed by atoms with Crippen molar-refractivity contribution < 1.29 is 43.3 Å². The Hall–Kier alpha value is -4.33. The van der Waals surface area contributed by atoms with Crippen LogP contribution in [0.4, 0.5) is 0 Å². The molecular weight excluding hydrogens is 718 g/mol. The highest BCUT2D eigenvalue weighted by Crippen LogP contribution is 2.24. The molecule has 2 amide bonds. The van der Waals surface area contributed by atoms with Crippen LogP contribution < -0.4 is 38.2 Å². The summed E-state index contributed by atoms with van der Waals surface area (Å²) in [4.78, 5) is 82.2. The van der Waals surface area contributed by atoms with Crippen LogP contribution in [0.3, 0.4) is 0 Å². The average molecular weight is 782 g/mol. The minimum Gasteiger partial charge on any atom is -0.481 e. The Balaban J connectivity index is 0.000000886. The summed E-state index contributed by atoms with van der Waals surface area (Å²) in [5.74, 6) is -1.32. The summed E-state index contributed by atoms with van der Waals surface area (Å²) in [6.45, 7) is 12.4. The van der Waals surface area contributed by atoms with E-state index in [1.165, 1.54) is 22.9 Å². The Morgan fingerprint density at radius 2 is 1.62 bits per heavy atom. The van der Waals surface area contributed by atoms with Gasteiger partial charge in [-0.15, -0.1) is 6.58 Å². The first-order chi connectivity index (χ1) is 25.8. The summed E-state index contributed by atoms with van der Waals surface area (Å²) >= 11 is 0. The lowest BCUT2D eigenvalue weighted by atomic mass is 9.96. The lowest BCUT2D eigenvalue weighted by Crippen LogP contribution is -2.45. The molecule has 0 aromatic carbocycles. The fourth-order valence-electron chi connectivity index (χ4n) is 4.66. The number of ether oxygens (including phenoxy) is 3. The molecule has 0 radical (unpaired) electrons. The van der Waals surface area contributed by atoms with Crippen LogP contribution in [0.15, 0.2) is 34.5 Å². The molecule has 0 bridgehead atoms. The van der Waals surface area contributed by atoms with Gasteiger partial charge in [-0.25, -0.2) is 4.79 Å². The molecule has 18 nitrogen and oxygen atoms in total. The van der Waals surface area contributed by atoms with E-state index in [0.717, 1.165) is 0 Å². The molecule has 0 saturated carbocycles. The zero-order chi connectivity index (χ0) is 42.2. The van der Waals surface area contributed by atoms with Gasteiger partial charge in [-0.3, -0.25) is 38.3 Å². The van der Waals surface area contributed by atoms with E-state index in [9.17, 15) is 33.6 Å². The number of amides is 2. The number of Topliss-reactive ketones (excluding diaryl/α,β-unsaturated/α-hetero) is 2. The van der Waals surface area contributed by atoms with Crippen molar-refractivity contribution in [2.45, 2.75) is 102 Å². The van der Waals surface area contributed by atoms with Gasteiger partial charge in [0.2, 0.25) is 11.8 Å². The summed E-state index contributed by atoms with van der Waals surface area (Å²) in [7, 11) is 6.61. The number of H-pyrrole nitrogens is 1. The molecule has 2 heterocycles. The third-order valence-electron chi connectivity index (χ3n) is 8.67. The second-order valence-electron chi connectivity index (χ2n) is 13.6. The van der Waals surface area contributed by atoms with Gasteiger partial charge in [-0.2, -0.15) is 0 Å². The van der Waals surface area contributed by atoms with Crippen molar-refractivity contribution in [3.8, 4) is 0 Å². The van der Waals surface area contributed by atoms with Crippen LogP contribution in [0.25, 0.3) is 6.08 Å². The highest BCUT2D eigenvalue weighted by molar-refractivity contribution is 5.91. The van der Waals surface area contributed by atoms with Crippen molar-refractivity contribution in [2.24, 2.45) is 5.73 Å². The van der Waals surface area contributed by atoms with E-state index >= 15 is 0 Å². The predicted molar refractivity (Wildman–Crippen MR) is 209 cm³/mol. The summed E-state index contributed by atoms with van der Waals surface area (Å²) in [5.41, 5.74) is 3.25. The largest absolute Gasteiger partial charge is 0.481 e. The van der Waals surface area contributed by atoms with Crippen molar-refractivity contribution >= 4 is 35.4 Å². The number of methoxy groups -OCH3 is 2. The fourth-order valence-corrected chi connectivity index (χ4v) is 4.66. The molecule has 1 aliphatic rings. The first-order valence-corrected chi connectivity index (χ1v) is 18.0. The number of rotatable bonds is 22. The number of aliphatic carboxylic acids is 1. The number of nitrogens with two attached hydrogens (primary N) is 1. The van der Waals surface area contributed by atoms with Crippen molar-refractivity contribution in [3.05, 3.63) is 51.3 Å². The number of likely N-dealkylation sites (N-methyl/N-ethyl adjacent to an activating group) is 2.